The van der Waals surface area contributed by atoms with Crippen LogP contribution in [0, 0.1) is 0 Å². The van der Waals surface area contributed by atoms with Crippen LogP contribution in [0.1, 0.15) is 0 Å². The summed E-state index contributed by atoms with van der Waals surface area (Å²) in [6.07, 6.45) is 1.72. The Morgan fingerprint density at radius 2 is 2.05 bits per heavy atom. The molecule has 0 aliphatic heterocycles. The Balaban J connectivity index is 2.41. The summed E-state index contributed by atoms with van der Waals surface area (Å²) in [7, 11) is 1.65. The Kier molecular flexibility index (Phi) is 3.84. The molecule has 5 N–H and O–H groups in total. The van der Waals surface area contributed by atoms with Crippen molar-refractivity contribution in [3.05, 3.63) is 12.5 Å². The van der Waals surface area contributed by atoms with Gasteiger partial charge in [0.1, 0.15) is 17.4 Å². The molecule has 2 aromatic heterocycles. The molecular weight excluding hydrogens is 252 g/mol. The van der Waals surface area contributed by atoms with E-state index in [1.165, 1.54) is 6.33 Å². The first kappa shape index (κ1) is 13.5. The third-order valence-electron chi connectivity index (χ3n) is 3.12. The number of hydrogen-bond donors (Lipinski definition) is 5. The van der Waals surface area contributed by atoms with E-state index in [4.69, 9.17) is 5.11 Å². The quantitative estimate of drug-likeness (QED) is 0.462. The van der Waals surface area contributed by atoms with E-state index in [0.29, 0.717) is 16.7 Å². The van der Waals surface area contributed by atoms with Crippen molar-refractivity contribution in [3.8, 4) is 5.88 Å². The summed E-state index contributed by atoms with van der Waals surface area (Å²) >= 11 is 0. The lowest BCUT2D eigenvalue weighted by atomic mass is 10.1. The summed E-state index contributed by atoms with van der Waals surface area (Å²) in [5, 5.41) is 37.5. The van der Waals surface area contributed by atoms with E-state index >= 15 is 0 Å². The molecular formula is C11H16N4O4. The van der Waals surface area contributed by atoms with E-state index in [1.807, 2.05) is 0 Å². The molecule has 0 saturated carbocycles. The Morgan fingerprint density at radius 3 is 2.68 bits per heavy atom. The van der Waals surface area contributed by atoms with Gasteiger partial charge in [-0.05, 0) is 0 Å². The molecule has 19 heavy (non-hydrogen) atoms. The van der Waals surface area contributed by atoms with Gasteiger partial charge >= 0.3 is 0 Å². The van der Waals surface area contributed by atoms with E-state index in [0.717, 1.165) is 0 Å². The number of aliphatic hydroxyl groups is 3. The third-order valence-corrected chi connectivity index (χ3v) is 3.12. The number of likely N-dealkylation sites (N-methyl/N-ethyl adjacent to an activating group) is 1. The minimum Gasteiger partial charge on any atom is -0.492 e. The van der Waals surface area contributed by atoms with Crippen LogP contribution in [0.25, 0.3) is 11.0 Å². The van der Waals surface area contributed by atoms with Gasteiger partial charge in [-0.1, -0.05) is 0 Å². The number of aromatic hydroxyl groups is 1. The normalized spacial score (nSPS) is 14.5. The first-order chi connectivity index (χ1) is 9.10. The lowest BCUT2D eigenvalue weighted by molar-refractivity contribution is 0.0533. The van der Waals surface area contributed by atoms with Crippen LogP contribution in [0.4, 0.5) is 5.69 Å². The Labute approximate surface area is 109 Å². The zero-order valence-corrected chi connectivity index (χ0v) is 10.4. The van der Waals surface area contributed by atoms with Crippen LogP contribution in [0.3, 0.4) is 0 Å². The summed E-state index contributed by atoms with van der Waals surface area (Å²) in [6, 6.07) is -0.680. The van der Waals surface area contributed by atoms with Crippen molar-refractivity contribution in [2.24, 2.45) is 0 Å². The van der Waals surface area contributed by atoms with Gasteiger partial charge in [-0.2, -0.15) is 0 Å². The minimum atomic E-state index is -1.09. The van der Waals surface area contributed by atoms with Gasteiger partial charge in [0.05, 0.1) is 31.0 Å². The fourth-order valence-corrected chi connectivity index (χ4v) is 1.98. The Hall–Kier alpha value is -1.90. The van der Waals surface area contributed by atoms with Gasteiger partial charge < -0.3 is 30.3 Å². The van der Waals surface area contributed by atoms with Gasteiger partial charge in [0.2, 0.25) is 5.88 Å². The van der Waals surface area contributed by atoms with Crippen molar-refractivity contribution in [2.45, 2.75) is 12.1 Å². The molecule has 2 aromatic rings. The molecule has 0 fully saturated rings. The minimum absolute atomic E-state index is 0.173. The summed E-state index contributed by atoms with van der Waals surface area (Å²) in [5.41, 5.74) is 1.43. The molecule has 0 aliphatic carbocycles. The number of anilines is 1. The maximum absolute atomic E-state index is 9.67. The van der Waals surface area contributed by atoms with Crippen molar-refractivity contribution in [3.63, 3.8) is 0 Å². The van der Waals surface area contributed by atoms with Crippen LogP contribution in [0.5, 0.6) is 5.88 Å². The molecule has 2 atom stereocenters. The Morgan fingerprint density at radius 1 is 1.32 bits per heavy atom. The SMILES string of the molecule is CN(c1c[nH]c2c(O)ncnc12)[C@H](CO)[C@H](O)CO. The zero-order valence-electron chi connectivity index (χ0n) is 10.4. The molecule has 104 valence electrons. The summed E-state index contributed by atoms with van der Waals surface area (Å²) in [4.78, 5) is 12.1. The number of aliphatic hydroxyl groups excluding tert-OH is 3. The standard InChI is InChI=1S/C11H16N4O4/c1-15(7(3-16)8(18)4-17)6-2-12-10-9(6)13-5-14-11(10)19/h2,5,7-8,12,16-18H,3-4H2,1H3,(H,13,14,19)/t7-,8-/m1/s1. The van der Waals surface area contributed by atoms with Crippen molar-refractivity contribution >= 4 is 16.7 Å². The Bertz CT molecular complexity index is 559. The molecule has 0 radical (unpaired) electrons. The highest BCUT2D eigenvalue weighted by atomic mass is 16.3. The predicted molar refractivity (Wildman–Crippen MR) is 67.9 cm³/mol. The van der Waals surface area contributed by atoms with Crippen LogP contribution >= 0.6 is 0 Å². The lowest BCUT2D eigenvalue weighted by Crippen LogP contribution is -2.45. The van der Waals surface area contributed by atoms with E-state index in [-0.39, 0.29) is 12.5 Å². The average Bonchev–Trinajstić information content (AvgIpc) is 2.84. The number of H-pyrrole nitrogens is 1. The second kappa shape index (κ2) is 5.39. The molecule has 0 amide bonds. The molecule has 0 aromatic carbocycles. The number of nitrogens with one attached hydrogen (secondary N) is 1. The average molecular weight is 268 g/mol. The second-order valence-electron chi connectivity index (χ2n) is 4.21. The van der Waals surface area contributed by atoms with Gasteiger partial charge in [0, 0.05) is 13.2 Å². The first-order valence-electron chi connectivity index (χ1n) is 5.73. The fourth-order valence-electron chi connectivity index (χ4n) is 1.98. The predicted octanol–water partition coefficient (Wildman–Crippen LogP) is -1.19. The molecule has 0 aliphatic rings. The highest BCUT2D eigenvalue weighted by Crippen LogP contribution is 2.29. The van der Waals surface area contributed by atoms with E-state index in [1.54, 1.807) is 18.1 Å². The van der Waals surface area contributed by atoms with Gasteiger partial charge in [0.15, 0.2) is 0 Å². The molecule has 0 bridgehead atoms. The first-order valence-corrected chi connectivity index (χ1v) is 5.73. The highest BCUT2D eigenvalue weighted by Gasteiger charge is 2.25. The largest absolute Gasteiger partial charge is 0.492 e. The summed E-state index contributed by atoms with van der Waals surface area (Å²) < 4.78 is 0. The number of hydrogen-bond acceptors (Lipinski definition) is 7. The molecule has 0 unspecified atom stereocenters. The van der Waals surface area contributed by atoms with Crippen LogP contribution in [0.15, 0.2) is 12.5 Å². The number of rotatable bonds is 5. The zero-order chi connectivity index (χ0) is 14.0. The summed E-state index contributed by atoms with van der Waals surface area (Å²) in [6.45, 7) is -0.792. The van der Waals surface area contributed by atoms with Crippen LogP contribution in [0.2, 0.25) is 0 Å². The van der Waals surface area contributed by atoms with Crippen LogP contribution in [-0.4, -0.2) is 67.8 Å². The van der Waals surface area contributed by atoms with Crippen LogP contribution in [-0.2, 0) is 0 Å². The molecule has 2 rings (SSSR count). The lowest BCUT2D eigenvalue weighted by Gasteiger charge is -2.30. The van der Waals surface area contributed by atoms with E-state index in [2.05, 4.69) is 15.0 Å². The maximum Gasteiger partial charge on any atom is 0.239 e. The number of fused-ring (bicyclic) bond motifs is 1. The van der Waals surface area contributed by atoms with Crippen molar-refractivity contribution in [1.82, 2.24) is 15.0 Å². The van der Waals surface area contributed by atoms with Crippen molar-refractivity contribution < 1.29 is 20.4 Å². The van der Waals surface area contributed by atoms with Gasteiger partial charge in [0.25, 0.3) is 0 Å². The van der Waals surface area contributed by atoms with Crippen molar-refractivity contribution in [1.29, 1.82) is 0 Å². The maximum atomic E-state index is 9.67. The van der Waals surface area contributed by atoms with Gasteiger partial charge in [-0.25, -0.2) is 9.97 Å². The van der Waals surface area contributed by atoms with Gasteiger partial charge in [-0.3, -0.25) is 0 Å². The van der Waals surface area contributed by atoms with E-state index in [9.17, 15) is 15.3 Å². The number of nitrogens with zero attached hydrogens (tertiary/aromatic N) is 3. The summed E-state index contributed by atoms with van der Waals surface area (Å²) in [5.74, 6) is -0.173. The van der Waals surface area contributed by atoms with Crippen LogP contribution < -0.4 is 4.90 Å². The molecule has 0 saturated heterocycles. The molecule has 2 heterocycles. The van der Waals surface area contributed by atoms with Crippen molar-refractivity contribution in [2.75, 3.05) is 25.2 Å². The fraction of sp³-hybridized carbons (Fsp3) is 0.455. The monoisotopic (exact) mass is 268 g/mol. The van der Waals surface area contributed by atoms with Gasteiger partial charge in [-0.15, -0.1) is 0 Å². The topological polar surface area (TPSA) is 126 Å². The third kappa shape index (κ3) is 2.33. The highest BCUT2D eigenvalue weighted by molar-refractivity contribution is 5.91. The second-order valence-corrected chi connectivity index (χ2v) is 4.21. The molecule has 8 heteroatoms. The number of aromatic nitrogens is 3. The molecule has 0 spiro atoms. The smallest absolute Gasteiger partial charge is 0.239 e. The van der Waals surface area contributed by atoms with E-state index < -0.39 is 18.8 Å². The molecule has 8 nitrogen and oxygen atoms in total. The number of aromatic amines is 1.